The van der Waals surface area contributed by atoms with Gasteiger partial charge in [-0.05, 0) is 49.7 Å². The Hall–Kier alpha value is -3.44. The Balaban J connectivity index is 2.04. The number of amides is 1. The normalized spacial score (nSPS) is 12.5. The van der Waals surface area contributed by atoms with Crippen molar-refractivity contribution in [2.24, 2.45) is 0 Å². The highest BCUT2D eigenvalue weighted by Crippen LogP contribution is 2.24. The molecule has 1 atom stereocenters. The number of ether oxygens (including phenoxy) is 1. The lowest BCUT2D eigenvalue weighted by molar-refractivity contribution is -0.385. The summed E-state index contributed by atoms with van der Waals surface area (Å²) in [5.74, 6) is -0.294. The van der Waals surface area contributed by atoms with Crippen molar-refractivity contribution >= 4 is 17.3 Å². The summed E-state index contributed by atoms with van der Waals surface area (Å²) in [5.41, 5.74) is -0.558. The second kappa shape index (κ2) is 8.29. The average Bonchev–Trinajstić information content (AvgIpc) is 2.66. The fourth-order valence-electron chi connectivity index (χ4n) is 2.31. The van der Waals surface area contributed by atoms with Crippen LogP contribution in [0.3, 0.4) is 0 Å². The van der Waals surface area contributed by atoms with E-state index >= 15 is 0 Å². The van der Waals surface area contributed by atoms with Crippen molar-refractivity contribution in [3.8, 4) is 11.8 Å². The summed E-state index contributed by atoms with van der Waals surface area (Å²) in [6.07, 6.45) is 0.429. The number of carbonyl (C=O) groups is 1. The smallest absolute Gasteiger partial charge is 0.272 e. The van der Waals surface area contributed by atoms with Gasteiger partial charge in [0.15, 0.2) is 5.60 Å². The molecule has 0 aliphatic rings. The van der Waals surface area contributed by atoms with Crippen LogP contribution in [0.4, 0.5) is 11.4 Å². The van der Waals surface area contributed by atoms with Crippen molar-refractivity contribution < 1.29 is 19.6 Å². The lowest BCUT2D eigenvalue weighted by Crippen LogP contribution is -2.45. The van der Waals surface area contributed by atoms with Crippen LogP contribution in [0.1, 0.15) is 25.0 Å². The predicted molar refractivity (Wildman–Crippen MR) is 98.4 cm³/mol. The molecule has 8 heteroatoms. The van der Waals surface area contributed by atoms with E-state index in [0.717, 1.165) is 0 Å². The summed E-state index contributed by atoms with van der Waals surface area (Å²) in [4.78, 5) is 22.9. The predicted octanol–water partition coefficient (Wildman–Crippen LogP) is 2.80. The van der Waals surface area contributed by atoms with Crippen molar-refractivity contribution in [3.05, 3.63) is 63.7 Å². The molecule has 0 saturated carbocycles. The van der Waals surface area contributed by atoms with Crippen LogP contribution in [-0.4, -0.2) is 28.1 Å². The first-order valence-corrected chi connectivity index (χ1v) is 8.21. The van der Waals surface area contributed by atoms with Gasteiger partial charge in [-0.25, -0.2) is 0 Å². The van der Waals surface area contributed by atoms with Gasteiger partial charge in [0.1, 0.15) is 12.4 Å². The zero-order valence-corrected chi connectivity index (χ0v) is 14.9. The van der Waals surface area contributed by atoms with Gasteiger partial charge < -0.3 is 15.2 Å². The SMILES string of the molecule is CCc1cc(NC(=O)C(C)(O)COc2ccc(C#N)cc2)ccc1[N+](=O)[O-]. The van der Waals surface area contributed by atoms with Crippen LogP contribution in [-0.2, 0) is 11.2 Å². The molecule has 0 bridgehead atoms. The summed E-state index contributed by atoms with van der Waals surface area (Å²) in [5, 5.41) is 32.7. The van der Waals surface area contributed by atoms with Crippen molar-refractivity contribution in [2.75, 3.05) is 11.9 Å². The average molecular weight is 369 g/mol. The molecule has 0 aliphatic carbocycles. The van der Waals surface area contributed by atoms with Gasteiger partial charge in [0, 0.05) is 17.3 Å². The molecule has 0 radical (unpaired) electrons. The summed E-state index contributed by atoms with van der Waals surface area (Å²) >= 11 is 0. The van der Waals surface area contributed by atoms with Crippen LogP contribution < -0.4 is 10.1 Å². The van der Waals surface area contributed by atoms with Gasteiger partial charge in [-0.15, -0.1) is 0 Å². The summed E-state index contributed by atoms with van der Waals surface area (Å²) in [7, 11) is 0. The van der Waals surface area contributed by atoms with Crippen LogP contribution in [0.5, 0.6) is 5.75 Å². The van der Waals surface area contributed by atoms with E-state index in [4.69, 9.17) is 10.00 Å². The third-order valence-electron chi connectivity index (χ3n) is 3.91. The molecule has 2 rings (SSSR count). The fourth-order valence-corrected chi connectivity index (χ4v) is 2.31. The molecule has 0 aromatic heterocycles. The lowest BCUT2D eigenvalue weighted by atomic mass is 10.1. The van der Waals surface area contributed by atoms with E-state index in [0.29, 0.717) is 29.0 Å². The molecule has 0 fully saturated rings. The van der Waals surface area contributed by atoms with E-state index < -0.39 is 16.4 Å². The van der Waals surface area contributed by atoms with Crippen LogP contribution in [0.15, 0.2) is 42.5 Å². The van der Waals surface area contributed by atoms with E-state index in [-0.39, 0.29) is 12.3 Å². The zero-order chi connectivity index (χ0) is 20.0. The number of hydrogen-bond donors (Lipinski definition) is 2. The molecule has 0 aliphatic heterocycles. The lowest BCUT2D eigenvalue weighted by Gasteiger charge is -2.22. The Kier molecular flexibility index (Phi) is 6.11. The largest absolute Gasteiger partial charge is 0.490 e. The van der Waals surface area contributed by atoms with Gasteiger partial charge in [-0.3, -0.25) is 14.9 Å². The minimum atomic E-state index is -1.83. The Morgan fingerprint density at radius 1 is 1.33 bits per heavy atom. The van der Waals surface area contributed by atoms with Crippen LogP contribution in [0, 0.1) is 21.4 Å². The third kappa shape index (κ3) is 5.03. The minimum absolute atomic E-state index is 0.0218. The number of aryl methyl sites for hydroxylation is 1. The standard InChI is InChI=1S/C19H19N3O5/c1-3-14-10-15(6-9-17(14)22(25)26)21-18(23)19(2,24)12-27-16-7-4-13(11-20)5-8-16/h4-10,24H,3,12H2,1-2H3,(H,21,23). The Bertz CT molecular complexity index is 885. The highest BCUT2D eigenvalue weighted by molar-refractivity contribution is 5.97. The van der Waals surface area contributed by atoms with Gasteiger partial charge in [0.2, 0.25) is 0 Å². The first-order chi connectivity index (χ1) is 12.8. The van der Waals surface area contributed by atoms with Gasteiger partial charge in [-0.1, -0.05) is 6.92 Å². The van der Waals surface area contributed by atoms with E-state index in [1.807, 2.05) is 6.07 Å². The van der Waals surface area contributed by atoms with E-state index in [2.05, 4.69) is 5.32 Å². The Morgan fingerprint density at radius 2 is 2.00 bits per heavy atom. The van der Waals surface area contributed by atoms with Crippen LogP contribution in [0.25, 0.3) is 0 Å². The second-order valence-electron chi connectivity index (χ2n) is 6.11. The Morgan fingerprint density at radius 3 is 2.56 bits per heavy atom. The molecule has 27 heavy (non-hydrogen) atoms. The first-order valence-electron chi connectivity index (χ1n) is 8.21. The third-order valence-corrected chi connectivity index (χ3v) is 3.91. The topological polar surface area (TPSA) is 125 Å². The van der Waals surface area contributed by atoms with Gasteiger partial charge in [0.25, 0.3) is 11.6 Å². The highest BCUT2D eigenvalue weighted by atomic mass is 16.6. The number of anilines is 1. The van der Waals surface area contributed by atoms with Crippen molar-refractivity contribution in [1.82, 2.24) is 0 Å². The van der Waals surface area contributed by atoms with Gasteiger partial charge in [0.05, 0.1) is 16.6 Å². The number of nitriles is 1. The van der Waals surface area contributed by atoms with Crippen LogP contribution in [0.2, 0.25) is 0 Å². The van der Waals surface area contributed by atoms with E-state index in [1.54, 1.807) is 31.2 Å². The monoisotopic (exact) mass is 369 g/mol. The summed E-state index contributed by atoms with van der Waals surface area (Å²) in [6, 6.07) is 12.5. The van der Waals surface area contributed by atoms with Gasteiger partial charge >= 0.3 is 0 Å². The molecular weight excluding hydrogens is 350 g/mol. The molecule has 1 unspecified atom stereocenters. The molecule has 2 aromatic carbocycles. The van der Waals surface area contributed by atoms with Crippen LogP contribution >= 0.6 is 0 Å². The zero-order valence-electron chi connectivity index (χ0n) is 14.9. The number of benzene rings is 2. The second-order valence-corrected chi connectivity index (χ2v) is 6.11. The molecule has 1 amide bonds. The van der Waals surface area contributed by atoms with Crippen molar-refractivity contribution in [2.45, 2.75) is 25.9 Å². The maximum Gasteiger partial charge on any atom is 0.272 e. The van der Waals surface area contributed by atoms with Crippen molar-refractivity contribution in [3.63, 3.8) is 0 Å². The fraction of sp³-hybridized carbons (Fsp3) is 0.263. The maximum absolute atomic E-state index is 12.4. The molecule has 140 valence electrons. The number of aliphatic hydroxyl groups is 1. The summed E-state index contributed by atoms with van der Waals surface area (Å²) < 4.78 is 5.42. The molecule has 0 heterocycles. The van der Waals surface area contributed by atoms with E-state index in [1.165, 1.54) is 25.1 Å². The molecule has 2 aromatic rings. The number of nitrogens with one attached hydrogen (secondary N) is 1. The number of rotatable bonds is 7. The molecule has 0 spiro atoms. The number of nitro groups is 1. The molecule has 0 saturated heterocycles. The minimum Gasteiger partial charge on any atom is -0.490 e. The number of nitro benzene ring substituents is 1. The van der Waals surface area contributed by atoms with Gasteiger partial charge in [-0.2, -0.15) is 5.26 Å². The number of carbonyl (C=O) groups excluding carboxylic acids is 1. The van der Waals surface area contributed by atoms with Crippen molar-refractivity contribution in [1.29, 1.82) is 5.26 Å². The molecular formula is C19H19N3O5. The number of nitrogens with zero attached hydrogens (tertiary/aromatic N) is 2. The number of hydrogen-bond acceptors (Lipinski definition) is 6. The first kappa shape index (κ1) is 19.9. The maximum atomic E-state index is 12.4. The summed E-state index contributed by atoms with van der Waals surface area (Å²) in [6.45, 7) is 2.77. The highest BCUT2D eigenvalue weighted by Gasteiger charge is 2.31. The molecule has 8 nitrogen and oxygen atoms in total. The Labute approximate surface area is 156 Å². The molecule has 2 N–H and O–H groups in total. The van der Waals surface area contributed by atoms with E-state index in [9.17, 15) is 20.0 Å². The quantitative estimate of drug-likeness (QED) is 0.571.